The fourth-order valence-corrected chi connectivity index (χ4v) is 5.02. The van der Waals surface area contributed by atoms with E-state index in [0.29, 0.717) is 6.54 Å². The van der Waals surface area contributed by atoms with E-state index in [1.54, 1.807) is 29.5 Å². The molecular formula is C21H24N2O3S2. The lowest BCUT2D eigenvalue weighted by Gasteiger charge is -2.21. The van der Waals surface area contributed by atoms with Gasteiger partial charge < -0.3 is 5.32 Å². The summed E-state index contributed by atoms with van der Waals surface area (Å²) in [7, 11) is -3.82. The Hall–Kier alpha value is -2.22. The number of hydrogen-bond acceptors (Lipinski definition) is 4. The van der Waals surface area contributed by atoms with E-state index in [2.05, 4.69) is 10.0 Å². The maximum atomic E-state index is 12.9. The van der Waals surface area contributed by atoms with Crippen molar-refractivity contribution in [2.75, 3.05) is 6.54 Å². The zero-order chi connectivity index (χ0) is 20.1. The molecule has 0 spiro atoms. The van der Waals surface area contributed by atoms with Crippen molar-refractivity contribution in [2.45, 2.75) is 31.2 Å². The summed E-state index contributed by atoms with van der Waals surface area (Å²) in [5.41, 5.74) is 0. The number of thiophene rings is 1. The third-order valence-corrected chi connectivity index (χ3v) is 6.89. The highest BCUT2D eigenvalue weighted by atomic mass is 32.2. The van der Waals surface area contributed by atoms with Gasteiger partial charge in [-0.25, -0.2) is 8.42 Å². The number of rotatable bonds is 8. The molecule has 28 heavy (non-hydrogen) atoms. The third kappa shape index (κ3) is 4.98. The van der Waals surface area contributed by atoms with Crippen LogP contribution in [0.2, 0.25) is 0 Å². The molecule has 0 fully saturated rings. The molecule has 148 valence electrons. The van der Waals surface area contributed by atoms with Crippen LogP contribution in [0.1, 0.15) is 18.7 Å². The van der Waals surface area contributed by atoms with E-state index in [9.17, 15) is 13.2 Å². The van der Waals surface area contributed by atoms with Gasteiger partial charge in [-0.3, -0.25) is 4.79 Å². The van der Waals surface area contributed by atoms with E-state index >= 15 is 0 Å². The number of sulfonamides is 1. The van der Waals surface area contributed by atoms with Crippen LogP contribution in [0.3, 0.4) is 0 Å². The Kier molecular flexibility index (Phi) is 6.49. The van der Waals surface area contributed by atoms with Gasteiger partial charge in [0, 0.05) is 11.4 Å². The summed E-state index contributed by atoms with van der Waals surface area (Å²) in [6, 6.07) is 15.7. The van der Waals surface area contributed by atoms with Gasteiger partial charge in [-0.1, -0.05) is 50.2 Å². The van der Waals surface area contributed by atoms with E-state index in [1.807, 2.05) is 55.6 Å². The van der Waals surface area contributed by atoms with E-state index in [1.165, 1.54) is 4.88 Å². The molecule has 0 saturated heterocycles. The molecule has 0 unspecified atom stereocenters. The van der Waals surface area contributed by atoms with E-state index in [0.717, 1.165) is 17.2 Å². The molecule has 5 nitrogen and oxygen atoms in total. The van der Waals surface area contributed by atoms with Gasteiger partial charge in [-0.2, -0.15) is 4.72 Å². The van der Waals surface area contributed by atoms with Crippen molar-refractivity contribution in [2.24, 2.45) is 5.92 Å². The summed E-state index contributed by atoms with van der Waals surface area (Å²) < 4.78 is 28.3. The second-order valence-electron chi connectivity index (χ2n) is 6.97. The standard InChI is InChI=1S/C21H24N2O3S2/c1-15(2)20(21(24)22-12-11-18-8-5-13-27-18)23-28(25,26)19-10-9-16-6-3-4-7-17(16)14-19/h3-10,13-15,20,23H,11-12H2,1-2H3,(H,22,24)/t20-/m0/s1. The SMILES string of the molecule is CC(C)[C@H](NS(=O)(=O)c1ccc2ccccc2c1)C(=O)NCCc1cccs1. The molecule has 0 bridgehead atoms. The predicted octanol–water partition coefficient (Wildman–Crippen LogP) is 3.56. The molecule has 3 rings (SSSR count). The second-order valence-corrected chi connectivity index (χ2v) is 9.72. The van der Waals surface area contributed by atoms with Gasteiger partial charge in [-0.15, -0.1) is 11.3 Å². The lowest BCUT2D eigenvalue weighted by molar-refractivity contribution is -0.123. The summed E-state index contributed by atoms with van der Waals surface area (Å²) in [6.45, 7) is 4.12. The van der Waals surface area contributed by atoms with Gasteiger partial charge in [0.05, 0.1) is 4.90 Å². The number of carbonyl (C=O) groups is 1. The highest BCUT2D eigenvalue weighted by Gasteiger charge is 2.28. The van der Waals surface area contributed by atoms with Gasteiger partial charge in [-0.05, 0) is 46.7 Å². The lowest BCUT2D eigenvalue weighted by atomic mass is 10.1. The summed E-state index contributed by atoms with van der Waals surface area (Å²) in [6.07, 6.45) is 0.728. The second kappa shape index (κ2) is 8.86. The number of carbonyl (C=O) groups excluding carboxylic acids is 1. The van der Waals surface area contributed by atoms with E-state index in [4.69, 9.17) is 0 Å². The van der Waals surface area contributed by atoms with Crippen molar-refractivity contribution in [1.82, 2.24) is 10.0 Å². The minimum atomic E-state index is -3.82. The fourth-order valence-electron chi connectivity index (χ4n) is 2.94. The van der Waals surface area contributed by atoms with Crippen LogP contribution in [0.5, 0.6) is 0 Å². The van der Waals surface area contributed by atoms with Gasteiger partial charge in [0.1, 0.15) is 6.04 Å². The van der Waals surface area contributed by atoms with Crippen LogP contribution in [0.25, 0.3) is 10.8 Å². The average Bonchev–Trinajstić information content (AvgIpc) is 3.19. The minimum Gasteiger partial charge on any atom is -0.354 e. The van der Waals surface area contributed by atoms with Crippen molar-refractivity contribution in [3.63, 3.8) is 0 Å². The molecular weight excluding hydrogens is 392 g/mol. The number of amides is 1. The van der Waals surface area contributed by atoms with Gasteiger partial charge in [0.25, 0.3) is 0 Å². The molecule has 2 aromatic carbocycles. The van der Waals surface area contributed by atoms with E-state index < -0.39 is 16.1 Å². The Morgan fingerprint density at radius 1 is 1.04 bits per heavy atom. The topological polar surface area (TPSA) is 75.3 Å². The zero-order valence-electron chi connectivity index (χ0n) is 15.9. The average molecular weight is 417 g/mol. The monoisotopic (exact) mass is 416 g/mol. The molecule has 1 atom stereocenters. The van der Waals surface area contributed by atoms with Crippen LogP contribution in [0, 0.1) is 5.92 Å². The van der Waals surface area contributed by atoms with Crippen LogP contribution < -0.4 is 10.0 Å². The molecule has 3 aromatic rings. The van der Waals surface area contributed by atoms with Crippen molar-refractivity contribution in [3.05, 3.63) is 64.9 Å². The number of hydrogen-bond donors (Lipinski definition) is 2. The molecule has 0 aliphatic carbocycles. The molecule has 2 N–H and O–H groups in total. The van der Waals surface area contributed by atoms with Crippen LogP contribution in [-0.4, -0.2) is 26.9 Å². The predicted molar refractivity (Wildman–Crippen MR) is 114 cm³/mol. The smallest absolute Gasteiger partial charge is 0.241 e. The fraction of sp³-hybridized carbons (Fsp3) is 0.286. The third-order valence-electron chi connectivity index (χ3n) is 4.51. The molecule has 1 heterocycles. The van der Waals surface area contributed by atoms with Crippen molar-refractivity contribution >= 4 is 38.0 Å². The molecule has 1 aromatic heterocycles. The summed E-state index contributed by atoms with van der Waals surface area (Å²) in [5.74, 6) is -0.493. The molecule has 0 aliphatic rings. The highest BCUT2D eigenvalue weighted by Crippen LogP contribution is 2.20. The first-order valence-corrected chi connectivity index (χ1v) is 11.5. The normalized spacial score (nSPS) is 13.0. The van der Waals surface area contributed by atoms with Crippen molar-refractivity contribution in [3.8, 4) is 0 Å². The van der Waals surface area contributed by atoms with Gasteiger partial charge in [0.2, 0.25) is 15.9 Å². The Bertz CT molecular complexity index is 1040. The van der Waals surface area contributed by atoms with Gasteiger partial charge >= 0.3 is 0 Å². The molecule has 0 saturated carbocycles. The largest absolute Gasteiger partial charge is 0.354 e. The number of nitrogens with one attached hydrogen (secondary N) is 2. The molecule has 1 amide bonds. The molecule has 0 radical (unpaired) electrons. The molecule has 7 heteroatoms. The first kappa shape index (κ1) is 20.5. The Morgan fingerprint density at radius 3 is 2.46 bits per heavy atom. The van der Waals surface area contributed by atoms with Crippen molar-refractivity contribution in [1.29, 1.82) is 0 Å². The quantitative estimate of drug-likeness (QED) is 0.590. The number of benzene rings is 2. The maximum absolute atomic E-state index is 12.9. The highest BCUT2D eigenvalue weighted by molar-refractivity contribution is 7.89. The summed E-state index contributed by atoms with van der Waals surface area (Å²) in [5, 5.41) is 6.64. The Labute approximate surface area is 169 Å². The van der Waals surface area contributed by atoms with E-state index in [-0.39, 0.29) is 16.7 Å². The summed E-state index contributed by atoms with van der Waals surface area (Å²) >= 11 is 1.63. The van der Waals surface area contributed by atoms with Gasteiger partial charge in [0.15, 0.2) is 0 Å². The zero-order valence-corrected chi connectivity index (χ0v) is 17.5. The van der Waals surface area contributed by atoms with Crippen LogP contribution >= 0.6 is 11.3 Å². The van der Waals surface area contributed by atoms with Crippen molar-refractivity contribution < 1.29 is 13.2 Å². The Morgan fingerprint density at radius 2 is 1.79 bits per heavy atom. The summed E-state index contributed by atoms with van der Waals surface area (Å²) in [4.78, 5) is 13.9. The van der Waals surface area contributed by atoms with Crippen LogP contribution in [0.15, 0.2) is 64.9 Å². The first-order chi connectivity index (χ1) is 13.4. The lowest BCUT2D eigenvalue weighted by Crippen LogP contribution is -2.49. The van der Waals surface area contributed by atoms with Crippen LogP contribution in [-0.2, 0) is 21.2 Å². The Balaban J connectivity index is 1.71. The first-order valence-electron chi connectivity index (χ1n) is 9.18. The van der Waals surface area contributed by atoms with Crippen LogP contribution in [0.4, 0.5) is 0 Å². The maximum Gasteiger partial charge on any atom is 0.241 e. The number of fused-ring (bicyclic) bond motifs is 1. The minimum absolute atomic E-state index is 0.156. The molecule has 0 aliphatic heterocycles.